The summed E-state index contributed by atoms with van der Waals surface area (Å²) in [5, 5.41) is 21.3. The first-order chi connectivity index (χ1) is 17.7. The maximum absolute atomic E-state index is 13.1. The van der Waals surface area contributed by atoms with Gasteiger partial charge < -0.3 is 10.4 Å². The van der Waals surface area contributed by atoms with E-state index in [1.165, 1.54) is 10.7 Å². The second kappa shape index (κ2) is 8.70. The Bertz CT molecular complexity index is 1650. The maximum atomic E-state index is 13.1. The number of aliphatic hydroxyl groups is 1. The molecule has 0 saturated heterocycles. The number of anilines is 1. The number of hydrogen-bond acceptors (Lipinski definition) is 6. The molecule has 3 N–H and O–H groups in total. The lowest BCUT2D eigenvalue weighted by Gasteiger charge is -2.19. The molecule has 1 fully saturated rings. The van der Waals surface area contributed by atoms with Crippen LogP contribution in [0.15, 0.2) is 47.8 Å². The quantitative estimate of drug-likeness (QED) is 0.357. The molecule has 4 aromatic rings. The standard InChI is InChI=1S/C26H28N6O4S/c1-15-12-17-4-3-5-20(17)24(23(15)18-9-11-32-19(13-18)8-10-27-32)28-26(34)30-37(35,36)22-14-21(31(2)29-22)25(33)16-6-7-16/h8-14,16,25,33H,3-7H2,1-2H3,(H2,28,30,34). The number of aliphatic hydroxyl groups excluding tert-OH is 1. The number of hydrogen-bond donors (Lipinski definition) is 3. The SMILES string of the molecule is Cc1cc2c(c(NC(=O)NS(=O)(=O)c3cc(C(O)C4CC4)n(C)n3)c1-c1ccn3nccc3c1)CCC2. The molecule has 0 aliphatic heterocycles. The Morgan fingerprint density at radius 1 is 1.19 bits per heavy atom. The molecule has 1 aromatic carbocycles. The summed E-state index contributed by atoms with van der Waals surface area (Å²) in [6, 6.07) is 8.45. The van der Waals surface area contributed by atoms with Gasteiger partial charge in [-0.1, -0.05) is 6.07 Å². The van der Waals surface area contributed by atoms with E-state index in [0.29, 0.717) is 11.4 Å². The first-order valence-electron chi connectivity index (χ1n) is 12.4. The summed E-state index contributed by atoms with van der Waals surface area (Å²) in [6.45, 7) is 1.99. The number of rotatable bonds is 6. The Balaban J connectivity index is 1.32. The van der Waals surface area contributed by atoms with Gasteiger partial charge in [0.1, 0.15) is 0 Å². The van der Waals surface area contributed by atoms with E-state index < -0.39 is 22.2 Å². The molecule has 37 heavy (non-hydrogen) atoms. The maximum Gasteiger partial charge on any atom is 0.333 e. The molecular weight excluding hydrogens is 492 g/mol. The van der Waals surface area contributed by atoms with Gasteiger partial charge in [0.05, 0.1) is 23.0 Å². The summed E-state index contributed by atoms with van der Waals surface area (Å²) >= 11 is 0. The van der Waals surface area contributed by atoms with Crippen molar-refractivity contribution < 1.29 is 18.3 Å². The number of sulfonamides is 1. The highest BCUT2D eigenvalue weighted by atomic mass is 32.2. The van der Waals surface area contributed by atoms with Gasteiger partial charge in [0, 0.05) is 31.1 Å². The first kappa shape index (κ1) is 23.7. The highest BCUT2D eigenvalue weighted by molar-refractivity contribution is 7.90. The van der Waals surface area contributed by atoms with Crippen LogP contribution in [0.1, 0.15) is 47.8 Å². The van der Waals surface area contributed by atoms with Crippen molar-refractivity contribution in [1.29, 1.82) is 0 Å². The number of fused-ring (bicyclic) bond motifs is 2. The monoisotopic (exact) mass is 520 g/mol. The number of nitrogens with zero attached hydrogens (tertiary/aromatic N) is 4. The van der Waals surface area contributed by atoms with Crippen molar-refractivity contribution in [2.45, 2.75) is 50.2 Å². The van der Waals surface area contributed by atoms with Gasteiger partial charge in [-0.15, -0.1) is 0 Å². The van der Waals surface area contributed by atoms with E-state index in [0.717, 1.165) is 65.4 Å². The van der Waals surface area contributed by atoms with Gasteiger partial charge in [0.25, 0.3) is 10.0 Å². The molecule has 2 aliphatic carbocycles. The number of nitrogens with one attached hydrogen (secondary N) is 2. The molecular formula is C26H28N6O4S. The van der Waals surface area contributed by atoms with Gasteiger partial charge in [-0.3, -0.25) is 4.68 Å². The number of benzene rings is 1. The van der Waals surface area contributed by atoms with Gasteiger partial charge in [0.2, 0.25) is 0 Å². The lowest BCUT2D eigenvalue weighted by molar-refractivity contribution is 0.144. The van der Waals surface area contributed by atoms with E-state index in [9.17, 15) is 18.3 Å². The number of carbonyl (C=O) groups is 1. The van der Waals surface area contributed by atoms with Crippen LogP contribution in [0.3, 0.4) is 0 Å². The second-order valence-corrected chi connectivity index (χ2v) is 11.6. The van der Waals surface area contributed by atoms with Crippen molar-refractivity contribution in [3.63, 3.8) is 0 Å². The molecule has 6 rings (SSSR count). The summed E-state index contributed by atoms with van der Waals surface area (Å²) < 4.78 is 31.3. The van der Waals surface area contributed by atoms with Crippen LogP contribution in [-0.2, 0) is 29.9 Å². The number of pyridine rings is 1. The summed E-state index contributed by atoms with van der Waals surface area (Å²) in [5.74, 6) is 0.117. The van der Waals surface area contributed by atoms with Crippen molar-refractivity contribution in [1.82, 2.24) is 24.1 Å². The fourth-order valence-electron chi connectivity index (χ4n) is 5.31. The third-order valence-electron chi connectivity index (χ3n) is 7.29. The lowest BCUT2D eigenvalue weighted by atomic mass is 9.93. The molecule has 1 unspecified atom stereocenters. The lowest BCUT2D eigenvalue weighted by Crippen LogP contribution is -2.35. The summed E-state index contributed by atoms with van der Waals surface area (Å²) in [6.07, 6.45) is 7.27. The van der Waals surface area contributed by atoms with Crippen LogP contribution in [0.4, 0.5) is 10.5 Å². The van der Waals surface area contributed by atoms with Gasteiger partial charge in [-0.25, -0.2) is 14.0 Å². The topological polar surface area (TPSA) is 131 Å². The van der Waals surface area contributed by atoms with E-state index >= 15 is 0 Å². The zero-order chi connectivity index (χ0) is 25.9. The number of carbonyl (C=O) groups excluding carboxylic acids is 1. The van der Waals surface area contributed by atoms with Gasteiger partial charge >= 0.3 is 6.03 Å². The Labute approximate surface area is 214 Å². The Morgan fingerprint density at radius 2 is 2.00 bits per heavy atom. The number of aromatic nitrogens is 4. The predicted octanol–water partition coefficient (Wildman–Crippen LogP) is 3.49. The molecule has 1 atom stereocenters. The first-order valence-corrected chi connectivity index (χ1v) is 13.8. The zero-order valence-corrected chi connectivity index (χ0v) is 21.4. The van der Waals surface area contributed by atoms with E-state index in [1.807, 2.05) is 31.3 Å². The van der Waals surface area contributed by atoms with Crippen LogP contribution in [0.5, 0.6) is 0 Å². The molecule has 1 saturated carbocycles. The fraction of sp³-hybridized carbons (Fsp3) is 0.346. The summed E-state index contributed by atoms with van der Waals surface area (Å²) in [4.78, 5) is 13.1. The average Bonchev–Trinajstić information content (AvgIpc) is 3.21. The molecule has 3 heterocycles. The Hall–Kier alpha value is -3.70. The third kappa shape index (κ3) is 4.27. The molecule has 192 valence electrons. The van der Waals surface area contributed by atoms with Crippen LogP contribution in [0, 0.1) is 12.8 Å². The van der Waals surface area contributed by atoms with E-state index in [2.05, 4.69) is 26.3 Å². The van der Waals surface area contributed by atoms with Crippen molar-refractivity contribution >= 4 is 27.3 Å². The molecule has 2 amide bonds. The molecule has 0 spiro atoms. The van der Waals surface area contributed by atoms with Gasteiger partial charge in [0.15, 0.2) is 5.03 Å². The third-order valence-corrected chi connectivity index (χ3v) is 8.50. The molecule has 2 aliphatic rings. The Morgan fingerprint density at radius 3 is 2.78 bits per heavy atom. The van der Waals surface area contributed by atoms with E-state index in [-0.39, 0.29) is 10.9 Å². The van der Waals surface area contributed by atoms with Crippen LogP contribution in [-0.4, -0.2) is 39.0 Å². The van der Waals surface area contributed by atoms with Crippen LogP contribution in [0.25, 0.3) is 16.6 Å². The van der Waals surface area contributed by atoms with Crippen molar-refractivity contribution in [3.8, 4) is 11.1 Å². The molecule has 3 aromatic heterocycles. The largest absolute Gasteiger partial charge is 0.387 e. The van der Waals surface area contributed by atoms with E-state index in [1.54, 1.807) is 17.8 Å². The molecule has 10 nitrogen and oxygen atoms in total. The van der Waals surface area contributed by atoms with Crippen LogP contribution in [0.2, 0.25) is 0 Å². The Kier molecular flexibility index (Phi) is 5.57. The van der Waals surface area contributed by atoms with Crippen molar-refractivity contribution in [2.24, 2.45) is 13.0 Å². The number of aryl methyl sites for hydroxylation is 3. The van der Waals surface area contributed by atoms with Crippen molar-refractivity contribution in [2.75, 3.05) is 5.32 Å². The minimum absolute atomic E-state index is 0.117. The number of urea groups is 1. The van der Waals surface area contributed by atoms with E-state index in [4.69, 9.17) is 0 Å². The van der Waals surface area contributed by atoms with Crippen LogP contribution < -0.4 is 10.0 Å². The minimum atomic E-state index is -4.26. The normalized spacial score (nSPS) is 16.1. The zero-order valence-electron chi connectivity index (χ0n) is 20.6. The number of amides is 2. The fourth-order valence-corrected chi connectivity index (χ4v) is 6.22. The predicted molar refractivity (Wildman–Crippen MR) is 138 cm³/mol. The highest BCUT2D eigenvalue weighted by Gasteiger charge is 2.34. The van der Waals surface area contributed by atoms with Gasteiger partial charge in [-0.2, -0.15) is 18.6 Å². The van der Waals surface area contributed by atoms with Gasteiger partial charge in [-0.05, 0) is 85.4 Å². The minimum Gasteiger partial charge on any atom is -0.387 e. The molecule has 0 radical (unpaired) electrons. The highest BCUT2D eigenvalue weighted by Crippen LogP contribution is 2.42. The van der Waals surface area contributed by atoms with Crippen molar-refractivity contribution in [3.05, 3.63) is 65.1 Å². The summed E-state index contributed by atoms with van der Waals surface area (Å²) in [5.41, 5.74) is 6.88. The smallest absolute Gasteiger partial charge is 0.333 e. The van der Waals surface area contributed by atoms with Crippen LogP contribution >= 0.6 is 0 Å². The average molecular weight is 521 g/mol. The molecule has 0 bridgehead atoms. The summed E-state index contributed by atoms with van der Waals surface area (Å²) in [7, 11) is -2.68. The molecule has 11 heteroatoms. The second-order valence-electron chi connectivity index (χ2n) is 9.92.